The standard InChI is InChI=1S/C12H12N2O2/c1-8-11(7-14(2)13-8)9-5-3-4-6-10(9)12(15)16/h3-7H,1-2H3,(H,15,16). The van der Waals surface area contributed by atoms with Gasteiger partial charge < -0.3 is 5.11 Å². The van der Waals surface area contributed by atoms with Gasteiger partial charge in [0.2, 0.25) is 0 Å². The third-order valence-electron chi connectivity index (χ3n) is 2.46. The minimum Gasteiger partial charge on any atom is -0.478 e. The first-order chi connectivity index (χ1) is 7.59. The zero-order chi connectivity index (χ0) is 11.7. The molecule has 1 heterocycles. The van der Waals surface area contributed by atoms with E-state index in [0.717, 1.165) is 11.3 Å². The number of aromatic carboxylic acids is 1. The molecule has 0 aliphatic heterocycles. The molecule has 4 heteroatoms. The highest BCUT2D eigenvalue weighted by Crippen LogP contribution is 2.25. The number of carbonyl (C=O) groups is 1. The summed E-state index contributed by atoms with van der Waals surface area (Å²) in [5, 5.41) is 13.3. The van der Waals surface area contributed by atoms with Crippen LogP contribution in [-0.4, -0.2) is 20.9 Å². The summed E-state index contributed by atoms with van der Waals surface area (Å²) in [7, 11) is 1.82. The molecule has 2 rings (SSSR count). The summed E-state index contributed by atoms with van der Waals surface area (Å²) in [6.45, 7) is 1.87. The Morgan fingerprint density at radius 2 is 2.00 bits per heavy atom. The van der Waals surface area contributed by atoms with Crippen LogP contribution < -0.4 is 0 Å². The second-order valence-corrected chi connectivity index (χ2v) is 3.65. The number of rotatable bonds is 2. The Balaban J connectivity index is 2.64. The van der Waals surface area contributed by atoms with Crippen molar-refractivity contribution in [3.63, 3.8) is 0 Å². The van der Waals surface area contributed by atoms with Crippen LogP contribution in [0.1, 0.15) is 16.1 Å². The van der Waals surface area contributed by atoms with Gasteiger partial charge >= 0.3 is 5.97 Å². The molecular weight excluding hydrogens is 204 g/mol. The summed E-state index contributed by atoms with van der Waals surface area (Å²) < 4.78 is 1.68. The molecular formula is C12H12N2O2. The SMILES string of the molecule is Cc1nn(C)cc1-c1ccccc1C(=O)O. The van der Waals surface area contributed by atoms with Crippen LogP contribution in [0.5, 0.6) is 0 Å². The van der Waals surface area contributed by atoms with Gasteiger partial charge in [-0.2, -0.15) is 5.10 Å². The molecule has 0 saturated heterocycles. The topological polar surface area (TPSA) is 55.1 Å². The lowest BCUT2D eigenvalue weighted by atomic mass is 10.0. The van der Waals surface area contributed by atoms with E-state index in [0.29, 0.717) is 11.1 Å². The molecule has 0 aliphatic rings. The number of hydrogen-bond acceptors (Lipinski definition) is 2. The zero-order valence-electron chi connectivity index (χ0n) is 9.14. The van der Waals surface area contributed by atoms with Crippen LogP contribution in [0.4, 0.5) is 0 Å². The van der Waals surface area contributed by atoms with E-state index >= 15 is 0 Å². The molecule has 0 amide bonds. The van der Waals surface area contributed by atoms with Crippen LogP contribution in [-0.2, 0) is 7.05 Å². The van der Waals surface area contributed by atoms with Crippen molar-refractivity contribution in [1.29, 1.82) is 0 Å². The van der Waals surface area contributed by atoms with Gasteiger partial charge in [0, 0.05) is 18.8 Å². The van der Waals surface area contributed by atoms with Crippen LogP contribution >= 0.6 is 0 Å². The van der Waals surface area contributed by atoms with Gasteiger partial charge in [0.1, 0.15) is 0 Å². The lowest BCUT2D eigenvalue weighted by Gasteiger charge is -2.03. The van der Waals surface area contributed by atoms with Gasteiger partial charge in [-0.15, -0.1) is 0 Å². The third kappa shape index (κ3) is 1.69. The quantitative estimate of drug-likeness (QED) is 0.836. The van der Waals surface area contributed by atoms with E-state index in [1.165, 1.54) is 0 Å². The van der Waals surface area contributed by atoms with E-state index in [1.807, 2.05) is 26.2 Å². The van der Waals surface area contributed by atoms with Crippen molar-refractivity contribution in [2.75, 3.05) is 0 Å². The Hall–Kier alpha value is -2.10. The third-order valence-corrected chi connectivity index (χ3v) is 2.46. The van der Waals surface area contributed by atoms with Gasteiger partial charge in [0.15, 0.2) is 0 Å². The average Bonchev–Trinajstić information content (AvgIpc) is 2.57. The molecule has 0 radical (unpaired) electrons. The fourth-order valence-electron chi connectivity index (χ4n) is 1.77. The minimum atomic E-state index is -0.918. The first-order valence-corrected chi connectivity index (χ1v) is 4.92. The predicted molar refractivity (Wildman–Crippen MR) is 60.3 cm³/mol. The summed E-state index contributed by atoms with van der Waals surface area (Å²) in [5.74, 6) is -0.918. The van der Waals surface area contributed by atoms with Crippen molar-refractivity contribution in [3.05, 3.63) is 41.7 Å². The Bertz CT molecular complexity index is 544. The molecule has 0 fully saturated rings. The van der Waals surface area contributed by atoms with Crippen LogP contribution in [0.25, 0.3) is 11.1 Å². The van der Waals surface area contributed by atoms with Gasteiger partial charge in [-0.3, -0.25) is 4.68 Å². The second kappa shape index (κ2) is 3.81. The van der Waals surface area contributed by atoms with E-state index in [9.17, 15) is 4.79 Å². The number of carboxylic acid groups (broad SMARTS) is 1. The number of aromatic nitrogens is 2. The highest BCUT2D eigenvalue weighted by atomic mass is 16.4. The number of hydrogen-bond donors (Lipinski definition) is 1. The van der Waals surface area contributed by atoms with E-state index in [2.05, 4.69) is 5.10 Å². The molecule has 0 saturated carbocycles. The number of benzene rings is 1. The molecule has 1 aromatic carbocycles. The van der Waals surface area contributed by atoms with Crippen molar-refractivity contribution >= 4 is 5.97 Å². The van der Waals surface area contributed by atoms with Crippen molar-refractivity contribution in [3.8, 4) is 11.1 Å². The molecule has 4 nitrogen and oxygen atoms in total. The van der Waals surface area contributed by atoms with Crippen LogP contribution in [0.3, 0.4) is 0 Å². The Kier molecular flexibility index (Phi) is 2.48. The summed E-state index contributed by atoms with van der Waals surface area (Å²) in [5.41, 5.74) is 2.70. The monoisotopic (exact) mass is 216 g/mol. The fraction of sp³-hybridized carbons (Fsp3) is 0.167. The van der Waals surface area contributed by atoms with E-state index in [4.69, 9.17) is 5.11 Å². The van der Waals surface area contributed by atoms with Gasteiger partial charge in [-0.25, -0.2) is 4.79 Å². The normalized spacial score (nSPS) is 10.4. The molecule has 2 aromatic rings. The fourth-order valence-corrected chi connectivity index (χ4v) is 1.77. The first-order valence-electron chi connectivity index (χ1n) is 4.92. The number of aryl methyl sites for hydroxylation is 2. The molecule has 1 N–H and O–H groups in total. The maximum Gasteiger partial charge on any atom is 0.336 e. The summed E-state index contributed by atoms with van der Waals surface area (Å²) in [4.78, 5) is 11.1. The molecule has 0 aliphatic carbocycles. The first kappa shape index (κ1) is 10.4. The second-order valence-electron chi connectivity index (χ2n) is 3.65. The minimum absolute atomic E-state index is 0.304. The lowest BCUT2D eigenvalue weighted by Crippen LogP contribution is -1.99. The Labute approximate surface area is 93.1 Å². The molecule has 0 atom stereocenters. The number of carboxylic acids is 1. The van der Waals surface area contributed by atoms with Gasteiger partial charge in [-0.1, -0.05) is 18.2 Å². The van der Waals surface area contributed by atoms with Crippen LogP contribution in [0, 0.1) is 6.92 Å². The summed E-state index contributed by atoms with van der Waals surface area (Å²) in [6.07, 6.45) is 1.83. The molecule has 0 spiro atoms. The van der Waals surface area contributed by atoms with Crippen molar-refractivity contribution in [2.45, 2.75) is 6.92 Å². The van der Waals surface area contributed by atoms with E-state index in [-0.39, 0.29) is 0 Å². The Morgan fingerprint density at radius 3 is 2.56 bits per heavy atom. The van der Waals surface area contributed by atoms with Gasteiger partial charge in [0.05, 0.1) is 11.3 Å². The number of nitrogens with zero attached hydrogens (tertiary/aromatic N) is 2. The molecule has 0 bridgehead atoms. The maximum atomic E-state index is 11.1. The maximum absolute atomic E-state index is 11.1. The zero-order valence-corrected chi connectivity index (χ0v) is 9.14. The predicted octanol–water partition coefficient (Wildman–Crippen LogP) is 2.09. The smallest absolute Gasteiger partial charge is 0.336 e. The van der Waals surface area contributed by atoms with E-state index in [1.54, 1.807) is 22.9 Å². The summed E-state index contributed by atoms with van der Waals surface area (Å²) >= 11 is 0. The van der Waals surface area contributed by atoms with Crippen LogP contribution in [0.15, 0.2) is 30.5 Å². The van der Waals surface area contributed by atoms with Crippen molar-refractivity contribution < 1.29 is 9.90 Å². The Morgan fingerprint density at radius 1 is 1.31 bits per heavy atom. The highest BCUT2D eigenvalue weighted by Gasteiger charge is 2.14. The van der Waals surface area contributed by atoms with Crippen molar-refractivity contribution in [1.82, 2.24) is 9.78 Å². The van der Waals surface area contributed by atoms with Gasteiger partial charge in [-0.05, 0) is 18.6 Å². The van der Waals surface area contributed by atoms with E-state index < -0.39 is 5.97 Å². The summed E-state index contributed by atoms with van der Waals surface area (Å²) in [6, 6.07) is 6.95. The molecule has 0 unspecified atom stereocenters. The molecule has 16 heavy (non-hydrogen) atoms. The largest absolute Gasteiger partial charge is 0.478 e. The average molecular weight is 216 g/mol. The molecule has 1 aromatic heterocycles. The van der Waals surface area contributed by atoms with Gasteiger partial charge in [0.25, 0.3) is 0 Å². The van der Waals surface area contributed by atoms with Crippen molar-refractivity contribution in [2.24, 2.45) is 7.05 Å². The lowest BCUT2D eigenvalue weighted by molar-refractivity contribution is 0.0698. The molecule has 82 valence electrons. The van der Waals surface area contributed by atoms with Crippen LogP contribution in [0.2, 0.25) is 0 Å². The highest BCUT2D eigenvalue weighted by molar-refractivity contribution is 5.96.